The average Bonchev–Trinajstić information content (AvgIpc) is 2.72. The van der Waals surface area contributed by atoms with Crippen LogP contribution in [0.2, 0.25) is 0 Å². The minimum absolute atomic E-state index is 0.0275. The van der Waals surface area contributed by atoms with Gasteiger partial charge in [0.1, 0.15) is 11.2 Å². The Morgan fingerprint density at radius 1 is 0.697 bits per heavy atom. The zero-order chi connectivity index (χ0) is 23.9. The molecule has 2 heterocycles. The molecule has 186 valence electrons. The van der Waals surface area contributed by atoms with Gasteiger partial charge in [0.25, 0.3) is 0 Å². The molecule has 2 spiro atoms. The van der Waals surface area contributed by atoms with Gasteiger partial charge in [0.15, 0.2) is 0 Å². The molecule has 4 nitrogen and oxygen atoms in total. The van der Waals surface area contributed by atoms with E-state index in [1.807, 2.05) is 0 Å². The molecule has 2 unspecified atom stereocenters. The summed E-state index contributed by atoms with van der Waals surface area (Å²) in [5.74, 6) is 1.30. The van der Waals surface area contributed by atoms with E-state index in [9.17, 15) is 10.2 Å². The highest BCUT2D eigenvalue weighted by atomic mass is 17.2. The number of hydrogen-bond acceptors (Lipinski definition) is 4. The van der Waals surface area contributed by atoms with E-state index in [0.29, 0.717) is 29.6 Å². The molecule has 0 amide bonds. The third-order valence-electron chi connectivity index (χ3n) is 12.9. The fourth-order valence-corrected chi connectivity index (χ4v) is 11.1. The van der Waals surface area contributed by atoms with Crippen LogP contribution in [-0.2, 0) is 9.78 Å². The van der Waals surface area contributed by atoms with E-state index in [2.05, 4.69) is 60.6 Å². The molecule has 2 aliphatic heterocycles. The van der Waals surface area contributed by atoms with Crippen LogP contribution in [0.15, 0.2) is 12.2 Å². The first-order chi connectivity index (χ1) is 15.2. The third kappa shape index (κ3) is 2.43. The van der Waals surface area contributed by atoms with Crippen molar-refractivity contribution >= 4 is 0 Å². The van der Waals surface area contributed by atoms with Crippen molar-refractivity contribution in [2.45, 2.75) is 123 Å². The van der Waals surface area contributed by atoms with Crippen molar-refractivity contribution in [3.05, 3.63) is 12.2 Å². The van der Waals surface area contributed by atoms with Crippen LogP contribution in [0.5, 0.6) is 0 Å². The Morgan fingerprint density at radius 3 is 1.97 bits per heavy atom. The molecule has 5 fully saturated rings. The van der Waals surface area contributed by atoms with Gasteiger partial charge in [-0.2, -0.15) is 0 Å². The topological polar surface area (TPSA) is 58.9 Å². The summed E-state index contributed by atoms with van der Waals surface area (Å²) in [5, 5.41) is 21.9. The molecule has 1 saturated heterocycles. The summed E-state index contributed by atoms with van der Waals surface area (Å²) in [6.07, 6.45) is 12.1. The van der Waals surface area contributed by atoms with E-state index in [1.54, 1.807) is 0 Å². The first kappa shape index (κ1) is 23.0. The van der Waals surface area contributed by atoms with Gasteiger partial charge in [-0.25, -0.2) is 9.78 Å². The Morgan fingerprint density at radius 2 is 1.33 bits per heavy atom. The maximum atomic E-state index is 11.0. The van der Waals surface area contributed by atoms with Crippen LogP contribution in [0.4, 0.5) is 0 Å². The van der Waals surface area contributed by atoms with Crippen LogP contribution in [0, 0.1) is 44.8 Å². The van der Waals surface area contributed by atoms with Gasteiger partial charge >= 0.3 is 0 Å². The molecule has 7 aliphatic rings. The second-order valence-electron chi connectivity index (χ2n) is 15.2. The molecule has 0 aromatic heterocycles. The molecule has 0 aromatic carbocycles. The number of aliphatic hydroxyl groups is 2. The monoisotopic (exact) mass is 458 g/mol. The number of hydrogen-bond donors (Lipinski definition) is 2. The molecular formula is C29H46O4. The minimum Gasteiger partial charge on any atom is -0.390 e. The van der Waals surface area contributed by atoms with Crippen LogP contribution in [-0.4, -0.2) is 33.6 Å². The van der Waals surface area contributed by atoms with Gasteiger partial charge in [-0.3, -0.25) is 0 Å². The number of aliphatic hydroxyl groups excluding tert-OH is 2. The second kappa shape index (κ2) is 6.28. The molecule has 2 bridgehead atoms. The van der Waals surface area contributed by atoms with Gasteiger partial charge in [0.2, 0.25) is 0 Å². The Hall–Kier alpha value is -0.420. The van der Waals surface area contributed by atoms with Crippen molar-refractivity contribution in [3.63, 3.8) is 0 Å². The molecule has 4 saturated carbocycles. The molecule has 2 N–H and O–H groups in total. The smallest absolute Gasteiger partial charge is 0.133 e. The number of rotatable bonds is 0. The van der Waals surface area contributed by atoms with Gasteiger partial charge < -0.3 is 10.2 Å². The number of fused-ring (bicyclic) bond motifs is 4. The highest BCUT2D eigenvalue weighted by Crippen LogP contribution is 2.78. The lowest BCUT2D eigenvalue weighted by molar-refractivity contribution is -0.512. The van der Waals surface area contributed by atoms with Crippen molar-refractivity contribution < 1.29 is 20.0 Å². The van der Waals surface area contributed by atoms with Gasteiger partial charge in [0.05, 0.1) is 12.2 Å². The highest BCUT2D eigenvalue weighted by Gasteiger charge is 2.78. The predicted octanol–water partition coefficient (Wildman–Crippen LogP) is 5.81. The third-order valence-corrected chi connectivity index (χ3v) is 12.9. The van der Waals surface area contributed by atoms with Crippen molar-refractivity contribution in [1.82, 2.24) is 0 Å². The first-order valence-electron chi connectivity index (χ1n) is 13.6. The molecule has 4 heteroatoms. The molecule has 33 heavy (non-hydrogen) atoms. The summed E-state index contributed by atoms with van der Waals surface area (Å²) < 4.78 is 0. The SMILES string of the molecule is CC1(C)CCC23C=CC4(OO2)[C@@](C)(CC[C@@H]2[C@@]5(C)C[C@@H](O)[C@H](O)C(C)(C)[C@@H]5CC[C@]24C)[C@H]3C1. The fraction of sp³-hybridized carbons (Fsp3) is 0.931. The lowest BCUT2D eigenvalue weighted by Crippen LogP contribution is -2.78. The van der Waals surface area contributed by atoms with Crippen LogP contribution in [0.1, 0.15) is 99.8 Å². The molecule has 5 aliphatic carbocycles. The van der Waals surface area contributed by atoms with Gasteiger partial charge in [-0.15, -0.1) is 0 Å². The van der Waals surface area contributed by atoms with E-state index in [4.69, 9.17) is 9.78 Å². The highest BCUT2D eigenvalue weighted by molar-refractivity contribution is 5.35. The Balaban J connectivity index is 1.47. The van der Waals surface area contributed by atoms with Crippen molar-refractivity contribution in [3.8, 4) is 0 Å². The summed E-state index contributed by atoms with van der Waals surface area (Å²) in [5.41, 5.74) is -0.682. The summed E-state index contributed by atoms with van der Waals surface area (Å²) in [6.45, 7) is 16.6. The van der Waals surface area contributed by atoms with Crippen LogP contribution >= 0.6 is 0 Å². The summed E-state index contributed by atoms with van der Waals surface area (Å²) in [4.78, 5) is 13.2. The zero-order valence-corrected chi connectivity index (χ0v) is 21.9. The molecule has 0 radical (unpaired) electrons. The van der Waals surface area contributed by atoms with Gasteiger partial charge in [0, 0.05) is 16.7 Å². The molecule has 0 aromatic rings. The maximum absolute atomic E-state index is 11.0. The van der Waals surface area contributed by atoms with Crippen molar-refractivity contribution in [1.29, 1.82) is 0 Å². The Labute approximate surface area is 200 Å². The fourth-order valence-electron chi connectivity index (χ4n) is 11.1. The second-order valence-corrected chi connectivity index (χ2v) is 15.2. The van der Waals surface area contributed by atoms with E-state index < -0.39 is 17.8 Å². The van der Waals surface area contributed by atoms with Crippen LogP contribution < -0.4 is 0 Å². The lowest BCUT2D eigenvalue weighted by atomic mass is 9.32. The Kier molecular flexibility index (Phi) is 4.38. The van der Waals surface area contributed by atoms with Crippen LogP contribution in [0.25, 0.3) is 0 Å². The normalized spacial score (nSPS) is 60.3. The van der Waals surface area contributed by atoms with E-state index in [0.717, 1.165) is 25.7 Å². The van der Waals surface area contributed by atoms with E-state index >= 15 is 0 Å². The molecular weight excluding hydrogens is 412 g/mol. The standard InChI is InChI=1S/C29H46O4/c1-23(2)12-13-28-14-15-29(33-32-28)26(6)10-8-19-24(3,4)22(31)18(30)16-25(19,5)20(26)9-11-27(29,7)21(28)17-23/h14-15,18-22,30-31H,8-13,16-17H2,1-7H3/t18-,19+,20-,21-,22+,25+,26-,27+,28?,29?/m1/s1. The quantitative estimate of drug-likeness (QED) is 0.355. The summed E-state index contributed by atoms with van der Waals surface area (Å²) in [6, 6.07) is 0. The van der Waals surface area contributed by atoms with E-state index in [1.165, 1.54) is 19.3 Å². The average molecular weight is 459 g/mol. The predicted molar refractivity (Wildman–Crippen MR) is 128 cm³/mol. The molecule has 10 atom stereocenters. The first-order valence-corrected chi connectivity index (χ1v) is 13.6. The summed E-state index contributed by atoms with van der Waals surface area (Å²) in [7, 11) is 0. The molecule has 7 rings (SSSR count). The lowest BCUT2D eigenvalue weighted by Gasteiger charge is -2.76. The minimum atomic E-state index is -0.661. The Bertz CT molecular complexity index is 894. The van der Waals surface area contributed by atoms with E-state index in [-0.39, 0.29) is 27.3 Å². The van der Waals surface area contributed by atoms with Gasteiger partial charge in [-0.1, -0.05) is 54.5 Å². The maximum Gasteiger partial charge on any atom is 0.133 e. The summed E-state index contributed by atoms with van der Waals surface area (Å²) >= 11 is 0. The van der Waals surface area contributed by atoms with Crippen molar-refractivity contribution in [2.75, 3.05) is 0 Å². The van der Waals surface area contributed by atoms with Crippen LogP contribution in [0.3, 0.4) is 0 Å². The largest absolute Gasteiger partial charge is 0.390 e. The van der Waals surface area contributed by atoms with Gasteiger partial charge in [-0.05, 0) is 85.5 Å². The zero-order valence-electron chi connectivity index (χ0n) is 21.9. The van der Waals surface area contributed by atoms with Crippen molar-refractivity contribution in [2.24, 2.45) is 44.8 Å².